The maximum atomic E-state index is 8.69. The van der Waals surface area contributed by atoms with Crippen LogP contribution in [0.25, 0.3) is 5.57 Å². The van der Waals surface area contributed by atoms with Crippen molar-refractivity contribution in [2.75, 3.05) is 50.4 Å². The molecule has 1 aromatic carbocycles. The summed E-state index contributed by atoms with van der Waals surface area (Å²) in [6.07, 6.45) is 4.52. The SMILES string of the molecule is CCN1CCN(c2cc(C(=N)c3cc(/C(C=N)=C/NC)ccc3N)ncn2)CC1. The topological polar surface area (TPSA) is 118 Å². The van der Waals surface area contributed by atoms with E-state index in [0.29, 0.717) is 22.5 Å². The van der Waals surface area contributed by atoms with Crippen molar-refractivity contribution in [2.45, 2.75) is 6.92 Å². The molecule has 0 amide bonds. The number of piperazine rings is 1. The van der Waals surface area contributed by atoms with Gasteiger partial charge >= 0.3 is 0 Å². The summed E-state index contributed by atoms with van der Waals surface area (Å²) in [6.45, 7) is 7.06. The molecule has 5 N–H and O–H groups in total. The number of anilines is 2. The van der Waals surface area contributed by atoms with E-state index in [0.717, 1.165) is 44.1 Å². The molecule has 1 aliphatic heterocycles. The fourth-order valence-electron chi connectivity index (χ4n) is 3.40. The van der Waals surface area contributed by atoms with Gasteiger partial charge in [0.2, 0.25) is 0 Å². The molecule has 0 radical (unpaired) electrons. The monoisotopic (exact) mass is 392 g/mol. The van der Waals surface area contributed by atoms with Crippen molar-refractivity contribution in [3.05, 3.63) is 53.6 Å². The van der Waals surface area contributed by atoms with Crippen LogP contribution in [0.2, 0.25) is 0 Å². The molecular weight excluding hydrogens is 364 g/mol. The van der Waals surface area contributed by atoms with Crippen LogP contribution in [0.5, 0.6) is 0 Å². The largest absolute Gasteiger partial charge is 0.398 e. The molecule has 8 heteroatoms. The summed E-state index contributed by atoms with van der Waals surface area (Å²) < 4.78 is 0. The zero-order valence-electron chi connectivity index (χ0n) is 16.9. The van der Waals surface area contributed by atoms with Gasteiger partial charge < -0.3 is 26.3 Å². The van der Waals surface area contributed by atoms with Gasteiger partial charge in [-0.3, -0.25) is 5.41 Å². The Balaban J connectivity index is 1.87. The summed E-state index contributed by atoms with van der Waals surface area (Å²) in [5.41, 5.74) is 9.55. The summed E-state index contributed by atoms with van der Waals surface area (Å²) in [5, 5.41) is 19.2. The number of aromatic nitrogens is 2. The molecule has 0 saturated carbocycles. The van der Waals surface area contributed by atoms with Gasteiger partial charge in [-0.05, 0) is 24.2 Å². The number of nitrogens with two attached hydrogens (primary N) is 1. The van der Waals surface area contributed by atoms with E-state index in [4.69, 9.17) is 16.6 Å². The molecule has 0 atom stereocenters. The van der Waals surface area contributed by atoms with E-state index in [1.807, 2.05) is 18.2 Å². The summed E-state index contributed by atoms with van der Waals surface area (Å²) in [7, 11) is 1.78. The maximum absolute atomic E-state index is 8.69. The van der Waals surface area contributed by atoms with E-state index in [-0.39, 0.29) is 5.71 Å². The van der Waals surface area contributed by atoms with Crippen LogP contribution < -0.4 is 16.0 Å². The standard InChI is InChI=1S/C21H28N8/c1-3-28-6-8-29(9-7-28)20-11-19(26-14-27-20)21(24)17-10-15(4-5-18(17)23)16(12-22)13-25-2/h4-5,10-14,22,24-25H,3,6-9,23H2,1-2H3/b16-13+,22-12?,24-21?. The van der Waals surface area contributed by atoms with Gasteiger partial charge in [-0.1, -0.05) is 13.0 Å². The van der Waals surface area contributed by atoms with E-state index < -0.39 is 0 Å². The van der Waals surface area contributed by atoms with Crippen LogP contribution >= 0.6 is 0 Å². The fourth-order valence-corrected chi connectivity index (χ4v) is 3.40. The lowest BCUT2D eigenvalue weighted by Crippen LogP contribution is -2.46. The Kier molecular flexibility index (Phi) is 6.56. The van der Waals surface area contributed by atoms with Crippen molar-refractivity contribution in [2.24, 2.45) is 0 Å². The minimum atomic E-state index is 0.244. The fraction of sp³-hybridized carbons (Fsp3) is 0.333. The average molecular weight is 393 g/mol. The zero-order chi connectivity index (χ0) is 20.8. The number of likely N-dealkylation sites (N-methyl/N-ethyl adjacent to an activating group) is 1. The second-order valence-corrected chi connectivity index (χ2v) is 6.89. The van der Waals surface area contributed by atoms with E-state index in [9.17, 15) is 0 Å². The normalized spacial score (nSPS) is 15.2. The van der Waals surface area contributed by atoms with E-state index in [2.05, 4.69) is 32.0 Å². The number of allylic oxidation sites excluding steroid dienone is 1. The quantitative estimate of drug-likeness (QED) is 0.422. The van der Waals surface area contributed by atoms with Crippen molar-refractivity contribution < 1.29 is 0 Å². The highest BCUT2D eigenvalue weighted by atomic mass is 15.3. The first-order chi connectivity index (χ1) is 14.1. The molecule has 0 bridgehead atoms. The van der Waals surface area contributed by atoms with Gasteiger partial charge in [-0.15, -0.1) is 0 Å². The van der Waals surface area contributed by atoms with Crippen LogP contribution in [0.1, 0.15) is 23.7 Å². The second-order valence-electron chi connectivity index (χ2n) is 6.89. The van der Waals surface area contributed by atoms with Crippen molar-refractivity contribution in [1.29, 1.82) is 10.8 Å². The van der Waals surface area contributed by atoms with E-state index in [1.54, 1.807) is 19.3 Å². The average Bonchev–Trinajstić information content (AvgIpc) is 2.77. The highest BCUT2D eigenvalue weighted by Crippen LogP contribution is 2.23. The molecule has 8 nitrogen and oxygen atoms in total. The molecule has 1 saturated heterocycles. The Bertz CT molecular complexity index is 913. The van der Waals surface area contributed by atoms with Crippen molar-refractivity contribution in [3.63, 3.8) is 0 Å². The van der Waals surface area contributed by atoms with E-state index >= 15 is 0 Å². The van der Waals surface area contributed by atoms with Crippen molar-refractivity contribution >= 4 is 29.0 Å². The number of benzene rings is 1. The molecule has 0 spiro atoms. The minimum absolute atomic E-state index is 0.244. The highest BCUT2D eigenvalue weighted by Gasteiger charge is 2.19. The summed E-state index contributed by atoms with van der Waals surface area (Å²) in [6, 6.07) is 7.29. The Morgan fingerprint density at radius 3 is 2.62 bits per heavy atom. The molecule has 0 unspecified atom stereocenters. The molecular formula is C21H28N8. The van der Waals surface area contributed by atoms with Crippen LogP contribution in [0.4, 0.5) is 11.5 Å². The van der Waals surface area contributed by atoms with Crippen molar-refractivity contribution in [3.8, 4) is 0 Å². The lowest BCUT2D eigenvalue weighted by atomic mass is 9.98. The summed E-state index contributed by atoms with van der Waals surface area (Å²) in [5.74, 6) is 0.834. The molecule has 0 aliphatic carbocycles. The Hall–Kier alpha value is -3.26. The molecule has 29 heavy (non-hydrogen) atoms. The predicted molar refractivity (Wildman–Crippen MR) is 119 cm³/mol. The first-order valence-electron chi connectivity index (χ1n) is 9.73. The van der Waals surface area contributed by atoms with Crippen LogP contribution in [0.15, 0.2) is 36.8 Å². The van der Waals surface area contributed by atoms with Crippen molar-refractivity contribution in [1.82, 2.24) is 20.2 Å². The Morgan fingerprint density at radius 2 is 1.97 bits per heavy atom. The first-order valence-corrected chi connectivity index (χ1v) is 9.73. The van der Waals surface area contributed by atoms with Crippen LogP contribution in [-0.2, 0) is 0 Å². The molecule has 1 aromatic heterocycles. The number of nitrogens with zero attached hydrogens (tertiary/aromatic N) is 4. The highest BCUT2D eigenvalue weighted by molar-refractivity contribution is 6.15. The smallest absolute Gasteiger partial charge is 0.132 e. The number of hydrogen-bond donors (Lipinski definition) is 4. The summed E-state index contributed by atoms with van der Waals surface area (Å²) >= 11 is 0. The van der Waals surface area contributed by atoms with Gasteiger partial charge in [0.15, 0.2) is 0 Å². The van der Waals surface area contributed by atoms with Crippen LogP contribution in [0.3, 0.4) is 0 Å². The molecule has 2 aromatic rings. The van der Waals surface area contributed by atoms with Gasteiger partial charge in [0.1, 0.15) is 12.1 Å². The number of rotatable bonds is 7. The lowest BCUT2D eigenvalue weighted by Gasteiger charge is -2.34. The second kappa shape index (κ2) is 9.29. The van der Waals surface area contributed by atoms with Crippen LogP contribution in [-0.4, -0.2) is 66.6 Å². The maximum Gasteiger partial charge on any atom is 0.132 e. The molecule has 2 heterocycles. The number of nitrogen functional groups attached to an aromatic ring is 1. The predicted octanol–water partition coefficient (Wildman–Crippen LogP) is 1.83. The summed E-state index contributed by atoms with van der Waals surface area (Å²) in [4.78, 5) is 13.4. The van der Waals surface area contributed by atoms with Crippen LogP contribution in [0, 0.1) is 10.8 Å². The third kappa shape index (κ3) is 4.60. The third-order valence-corrected chi connectivity index (χ3v) is 5.16. The van der Waals surface area contributed by atoms with Gasteiger partial charge in [0.05, 0.1) is 11.4 Å². The zero-order valence-corrected chi connectivity index (χ0v) is 16.9. The Morgan fingerprint density at radius 1 is 1.21 bits per heavy atom. The molecule has 1 aliphatic rings. The van der Waals surface area contributed by atoms with Gasteiger partial charge in [0.25, 0.3) is 0 Å². The Labute approximate surface area is 171 Å². The molecule has 1 fully saturated rings. The minimum Gasteiger partial charge on any atom is -0.398 e. The number of hydrogen-bond acceptors (Lipinski definition) is 8. The first kappa shape index (κ1) is 20.5. The van der Waals surface area contributed by atoms with Gasteiger partial charge in [0, 0.05) is 68.5 Å². The van der Waals surface area contributed by atoms with Gasteiger partial charge in [-0.25, -0.2) is 9.97 Å². The van der Waals surface area contributed by atoms with Gasteiger partial charge in [-0.2, -0.15) is 0 Å². The molecule has 3 rings (SSSR count). The van der Waals surface area contributed by atoms with E-state index in [1.165, 1.54) is 12.5 Å². The molecule has 152 valence electrons. The lowest BCUT2D eigenvalue weighted by molar-refractivity contribution is 0.270. The number of nitrogens with one attached hydrogen (secondary N) is 3. The third-order valence-electron chi connectivity index (χ3n) is 5.16.